The number of fused-ring (bicyclic) bond motifs is 1. The average molecular weight is 186 g/mol. The van der Waals surface area contributed by atoms with Gasteiger partial charge in [-0.25, -0.2) is 0 Å². The Bertz CT molecular complexity index is 449. The van der Waals surface area contributed by atoms with E-state index in [0.717, 1.165) is 12.1 Å². The molecule has 0 unspecified atom stereocenters. The van der Waals surface area contributed by atoms with E-state index in [1.807, 2.05) is 18.2 Å². The summed E-state index contributed by atoms with van der Waals surface area (Å²) in [5.41, 5.74) is 13.3. The smallest absolute Gasteiger partial charge is 0.0320 e. The van der Waals surface area contributed by atoms with Crippen molar-refractivity contribution >= 4 is 16.5 Å². The molecule has 0 saturated heterocycles. The molecular weight excluding hydrogens is 172 g/mol. The first-order valence-electron chi connectivity index (χ1n) is 4.78. The van der Waals surface area contributed by atoms with Crippen LogP contribution in [0.4, 0.5) is 5.69 Å². The molecule has 2 heteroatoms. The molecule has 0 bridgehead atoms. The molecule has 14 heavy (non-hydrogen) atoms. The summed E-state index contributed by atoms with van der Waals surface area (Å²) < 4.78 is 0. The topological polar surface area (TPSA) is 52.0 Å². The Morgan fingerprint density at radius 3 is 2.50 bits per heavy atom. The maximum atomic E-state index is 5.72. The fraction of sp³-hybridized carbons (Fsp3) is 0.167. The molecule has 0 radical (unpaired) electrons. The molecule has 0 amide bonds. The highest BCUT2D eigenvalue weighted by atomic mass is 14.5. The lowest BCUT2D eigenvalue weighted by molar-refractivity contribution is 0.971. The van der Waals surface area contributed by atoms with Crippen LogP contribution in [0.25, 0.3) is 10.8 Å². The van der Waals surface area contributed by atoms with Crippen molar-refractivity contribution in [3.8, 4) is 0 Å². The third-order valence-electron chi connectivity index (χ3n) is 2.36. The SMILES string of the molecule is NCCc1ccc2ccc(N)cc2c1. The lowest BCUT2D eigenvalue weighted by Gasteiger charge is -2.03. The summed E-state index contributed by atoms with van der Waals surface area (Å²) in [5.74, 6) is 0. The lowest BCUT2D eigenvalue weighted by atomic mass is 10.0. The molecule has 2 aromatic rings. The third-order valence-corrected chi connectivity index (χ3v) is 2.36. The van der Waals surface area contributed by atoms with Crippen LogP contribution in [-0.4, -0.2) is 6.54 Å². The summed E-state index contributed by atoms with van der Waals surface area (Å²) >= 11 is 0. The van der Waals surface area contributed by atoms with E-state index >= 15 is 0 Å². The van der Waals surface area contributed by atoms with Gasteiger partial charge < -0.3 is 11.5 Å². The van der Waals surface area contributed by atoms with Crippen LogP contribution in [0.15, 0.2) is 36.4 Å². The number of hydrogen-bond acceptors (Lipinski definition) is 2. The van der Waals surface area contributed by atoms with E-state index in [2.05, 4.69) is 18.2 Å². The van der Waals surface area contributed by atoms with Crippen LogP contribution >= 0.6 is 0 Å². The van der Waals surface area contributed by atoms with Gasteiger partial charge in [0, 0.05) is 5.69 Å². The first kappa shape index (κ1) is 9.03. The molecular formula is C12H14N2. The van der Waals surface area contributed by atoms with Gasteiger partial charge in [0.25, 0.3) is 0 Å². The zero-order valence-electron chi connectivity index (χ0n) is 8.03. The van der Waals surface area contributed by atoms with Gasteiger partial charge in [-0.05, 0) is 41.4 Å². The van der Waals surface area contributed by atoms with Crippen molar-refractivity contribution in [1.82, 2.24) is 0 Å². The van der Waals surface area contributed by atoms with Gasteiger partial charge in [0.1, 0.15) is 0 Å². The molecule has 0 atom stereocenters. The molecule has 4 N–H and O–H groups in total. The molecule has 0 aromatic heterocycles. The van der Waals surface area contributed by atoms with Crippen LogP contribution in [0.2, 0.25) is 0 Å². The minimum Gasteiger partial charge on any atom is -0.399 e. The Hall–Kier alpha value is -1.54. The minimum atomic E-state index is 0.688. The maximum absolute atomic E-state index is 5.72. The second-order valence-electron chi connectivity index (χ2n) is 3.48. The highest BCUT2D eigenvalue weighted by Gasteiger charge is 1.96. The lowest BCUT2D eigenvalue weighted by Crippen LogP contribution is -2.02. The molecule has 72 valence electrons. The molecule has 0 aliphatic rings. The summed E-state index contributed by atoms with van der Waals surface area (Å²) in [6.07, 6.45) is 0.921. The highest BCUT2D eigenvalue weighted by molar-refractivity contribution is 5.85. The first-order chi connectivity index (χ1) is 6.79. The molecule has 2 nitrogen and oxygen atoms in total. The monoisotopic (exact) mass is 186 g/mol. The van der Waals surface area contributed by atoms with Gasteiger partial charge >= 0.3 is 0 Å². The van der Waals surface area contributed by atoms with Crippen molar-refractivity contribution in [1.29, 1.82) is 0 Å². The van der Waals surface area contributed by atoms with Crippen molar-refractivity contribution < 1.29 is 0 Å². The van der Waals surface area contributed by atoms with E-state index in [0.29, 0.717) is 6.54 Å². The van der Waals surface area contributed by atoms with Gasteiger partial charge in [-0.15, -0.1) is 0 Å². The zero-order valence-corrected chi connectivity index (χ0v) is 8.03. The Morgan fingerprint density at radius 1 is 0.929 bits per heavy atom. The zero-order chi connectivity index (χ0) is 9.97. The Balaban J connectivity index is 2.52. The van der Waals surface area contributed by atoms with Crippen LogP contribution in [0.1, 0.15) is 5.56 Å². The van der Waals surface area contributed by atoms with E-state index in [9.17, 15) is 0 Å². The van der Waals surface area contributed by atoms with Crippen molar-refractivity contribution in [3.05, 3.63) is 42.0 Å². The second kappa shape index (κ2) is 3.68. The Kier molecular flexibility index (Phi) is 2.37. The van der Waals surface area contributed by atoms with Gasteiger partial charge in [0.2, 0.25) is 0 Å². The summed E-state index contributed by atoms with van der Waals surface area (Å²) in [5, 5.41) is 2.41. The molecule has 0 aliphatic heterocycles. The number of hydrogen-bond donors (Lipinski definition) is 2. The molecule has 0 heterocycles. The summed E-state index contributed by atoms with van der Waals surface area (Å²) in [6, 6.07) is 12.3. The molecule has 2 rings (SSSR count). The van der Waals surface area contributed by atoms with E-state index in [1.165, 1.54) is 16.3 Å². The minimum absolute atomic E-state index is 0.688. The van der Waals surface area contributed by atoms with Crippen LogP contribution in [-0.2, 0) is 6.42 Å². The average Bonchev–Trinajstić information content (AvgIpc) is 2.17. The van der Waals surface area contributed by atoms with Crippen molar-refractivity contribution in [2.75, 3.05) is 12.3 Å². The van der Waals surface area contributed by atoms with E-state index in [-0.39, 0.29) is 0 Å². The fourth-order valence-corrected chi connectivity index (χ4v) is 1.64. The Labute approximate surface area is 83.5 Å². The number of anilines is 1. The van der Waals surface area contributed by atoms with Crippen LogP contribution in [0, 0.1) is 0 Å². The van der Waals surface area contributed by atoms with Crippen LogP contribution in [0.3, 0.4) is 0 Å². The highest BCUT2D eigenvalue weighted by Crippen LogP contribution is 2.19. The normalized spacial score (nSPS) is 10.6. The van der Waals surface area contributed by atoms with Gasteiger partial charge in [-0.1, -0.05) is 24.3 Å². The molecule has 0 aliphatic carbocycles. The predicted molar refractivity (Wildman–Crippen MR) is 61.1 cm³/mol. The number of rotatable bonds is 2. The van der Waals surface area contributed by atoms with Crippen molar-refractivity contribution in [2.24, 2.45) is 5.73 Å². The summed E-state index contributed by atoms with van der Waals surface area (Å²) in [4.78, 5) is 0. The molecule has 2 aromatic carbocycles. The summed E-state index contributed by atoms with van der Waals surface area (Å²) in [7, 11) is 0. The number of nitrogen functional groups attached to an aromatic ring is 1. The third kappa shape index (κ3) is 1.70. The summed E-state index contributed by atoms with van der Waals surface area (Å²) in [6.45, 7) is 0.688. The van der Waals surface area contributed by atoms with Gasteiger partial charge in [-0.2, -0.15) is 0 Å². The molecule has 0 fully saturated rings. The van der Waals surface area contributed by atoms with Crippen molar-refractivity contribution in [3.63, 3.8) is 0 Å². The van der Waals surface area contributed by atoms with Crippen LogP contribution in [0.5, 0.6) is 0 Å². The van der Waals surface area contributed by atoms with E-state index < -0.39 is 0 Å². The predicted octanol–water partition coefficient (Wildman–Crippen LogP) is 1.92. The Morgan fingerprint density at radius 2 is 1.71 bits per heavy atom. The fourth-order valence-electron chi connectivity index (χ4n) is 1.64. The van der Waals surface area contributed by atoms with Gasteiger partial charge in [0.15, 0.2) is 0 Å². The van der Waals surface area contributed by atoms with Gasteiger partial charge in [0.05, 0.1) is 0 Å². The van der Waals surface area contributed by atoms with E-state index in [1.54, 1.807) is 0 Å². The standard InChI is InChI=1S/C12H14N2/c13-6-5-9-1-2-10-3-4-12(14)8-11(10)7-9/h1-4,7-8H,5-6,13-14H2. The molecule has 0 saturated carbocycles. The van der Waals surface area contributed by atoms with Crippen molar-refractivity contribution in [2.45, 2.75) is 6.42 Å². The van der Waals surface area contributed by atoms with E-state index in [4.69, 9.17) is 11.5 Å². The maximum Gasteiger partial charge on any atom is 0.0320 e. The number of benzene rings is 2. The molecule has 0 spiro atoms. The second-order valence-corrected chi connectivity index (χ2v) is 3.48. The quantitative estimate of drug-likeness (QED) is 0.704. The number of nitrogens with two attached hydrogens (primary N) is 2. The van der Waals surface area contributed by atoms with Crippen LogP contribution < -0.4 is 11.5 Å². The van der Waals surface area contributed by atoms with Gasteiger partial charge in [-0.3, -0.25) is 0 Å². The largest absolute Gasteiger partial charge is 0.399 e. The first-order valence-corrected chi connectivity index (χ1v) is 4.78.